The van der Waals surface area contributed by atoms with Crippen LogP contribution >= 0.6 is 58.4 Å². The summed E-state index contributed by atoms with van der Waals surface area (Å²) in [6, 6.07) is 6.38. The lowest BCUT2D eigenvalue weighted by atomic mass is 10.2. The number of hydrogen-bond donors (Lipinski definition) is 2. The van der Waals surface area contributed by atoms with Gasteiger partial charge in [-0.15, -0.1) is 11.3 Å². The summed E-state index contributed by atoms with van der Waals surface area (Å²) in [5.74, 6) is -0.386. The van der Waals surface area contributed by atoms with Gasteiger partial charge in [0.1, 0.15) is 9.32 Å². The standard InChI is InChI=1S/C12H7Cl3N2OS2/c13-7-3-5(11(16)19)1-2-8(7)17-12(18)6-4-9(14)20-10(6)15/h1-4H,(H2,16,19)(H,17,18). The molecule has 0 fully saturated rings. The van der Waals surface area contributed by atoms with Gasteiger partial charge in [0.25, 0.3) is 5.91 Å². The number of halogens is 3. The fraction of sp³-hybridized carbons (Fsp3) is 0. The maximum Gasteiger partial charge on any atom is 0.258 e. The van der Waals surface area contributed by atoms with E-state index in [4.69, 9.17) is 52.8 Å². The predicted molar refractivity (Wildman–Crippen MR) is 89.6 cm³/mol. The quantitative estimate of drug-likeness (QED) is 0.782. The number of nitrogens with one attached hydrogen (secondary N) is 1. The first kappa shape index (κ1) is 15.5. The van der Waals surface area contributed by atoms with Crippen LogP contribution in [0.1, 0.15) is 15.9 Å². The van der Waals surface area contributed by atoms with Crippen LogP contribution < -0.4 is 11.1 Å². The number of anilines is 1. The van der Waals surface area contributed by atoms with E-state index < -0.39 is 0 Å². The molecule has 3 nitrogen and oxygen atoms in total. The van der Waals surface area contributed by atoms with Crippen LogP contribution in [0, 0.1) is 0 Å². The second-order valence-corrected chi connectivity index (χ2v) is 6.88. The Hall–Kier alpha value is -0.850. The minimum atomic E-state index is -0.386. The Bertz CT molecular complexity index is 700. The Balaban J connectivity index is 2.24. The van der Waals surface area contributed by atoms with Gasteiger partial charge >= 0.3 is 0 Å². The van der Waals surface area contributed by atoms with Crippen LogP contribution in [-0.4, -0.2) is 10.9 Å². The summed E-state index contributed by atoms with van der Waals surface area (Å²) < 4.78 is 0.762. The normalized spacial score (nSPS) is 10.3. The van der Waals surface area contributed by atoms with Crippen LogP contribution in [0.4, 0.5) is 5.69 Å². The number of carbonyl (C=O) groups is 1. The van der Waals surface area contributed by atoms with Gasteiger partial charge in [-0.25, -0.2) is 0 Å². The molecule has 1 heterocycles. The number of amides is 1. The number of benzene rings is 1. The van der Waals surface area contributed by atoms with E-state index in [2.05, 4.69) is 5.32 Å². The van der Waals surface area contributed by atoms with Gasteiger partial charge in [-0.3, -0.25) is 4.79 Å². The molecule has 0 aliphatic carbocycles. The SMILES string of the molecule is NC(=S)c1ccc(NC(=O)c2cc(Cl)sc2Cl)c(Cl)c1. The Labute approximate surface area is 139 Å². The molecular formula is C12H7Cl3N2OS2. The van der Waals surface area contributed by atoms with Crippen molar-refractivity contribution < 1.29 is 4.79 Å². The predicted octanol–water partition coefficient (Wildman–Crippen LogP) is 4.59. The minimum absolute atomic E-state index is 0.234. The average Bonchev–Trinajstić information content (AvgIpc) is 2.70. The molecule has 0 saturated heterocycles. The van der Waals surface area contributed by atoms with Gasteiger partial charge in [0.05, 0.1) is 20.6 Å². The van der Waals surface area contributed by atoms with Gasteiger partial charge in [-0.05, 0) is 24.3 Å². The molecular weight excluding hydrogens is 359 g/mol. The highest BCUT2D eigenvalue weighted by molar-refractivity contribution is 7.80. The third-order valence-corrected chi connectivity index (χ3v) is 4.44. The Kier molecular flexibility index (Phi) is 4.88. The Morgan fingerprint density at radius 1 is 1.25 bits per heavy atom. The van der Waals surface area contributed by atoms with Gasteiger partial charge in [0.2, 0.25) is 0 Å². The summed E-state index contributed by atoms with van der Waals surface area (Å²) in [5, 5.41) is 2.99. The molecule has 104 valence electrons. The number of rotatable bonds is 3. The molecule has 1 amide bonds. The van der Waals surface area contributed by atoms with Crippen LogP contribution in [-0.2, 0) is 0 Å². The molecule has 0 spiro atoms. The summed E-state index contributed by atoms with van der Waals surface area (Å²) in [6.45, 7) is 0. The van der Waals surface area contributed by atoms with Gasteiger partial charge in [0, 0.05) is 5.56 Å². The summed E-state index contributed by atoms with van der Waals surface area (Å²) in [5.41, 5.74) is 6.87. The number of carbonyl (C=O) groups excluding carboxylic acids is 1. The van der Waals surface area contributed by atoms with Crippen LogP contribution in [0.15, 0.2) is 24.3 Å². The van der Waals surface area contributed by atoms with E-state index in [0.717, 1.165) is 11.3 Å². The molecule has 0 unspecified atom stereocenters. The average molecular weight is 366 g/mol. The highest BCUT2D eigenvalue weighted by Gasteiger charge is 2.15. The molecule has 2 rings (SSSR count). The zero-order chi connectivity index (χ0) is 14.9. The molecule has 0 bridgehead atoms. The highest BCUT2D eigenvalue weighted by Crippen LogP contribution is 2.32. The molecule has 0 atom stereocenters. The topological polar surface area (TPSA) is 55.1 Å². The minimum Gasteiger partial charge on any atom is -0.389 e. The highest BCUT2D eigenvalue weighted by atomic mass is 35.5. The van der Waals surface area contributed by atoms with E-state index in [1.54, 1.807) is 18.2 Å². The lowest BCUT2D eigenvalue weighted by Crippen LogP contribution is -2.13. The third kappa shape index (κ3) is 3.42. The lowest BCUT2D eigenvalue weighted by Gasteiger charge is -2.08. The van der Waals surface area contributed by atoms with E-state index >= 15 is 0 Å². The van der Waals surface area contributed by atoms with Gasteiger partial charge in [-0.2, -0.15) is 0 Å². The Morgan fingerprint density at radius 3 is 2.45 bits per heavy atom. The lowest BCUT2D eigenvalue weighted by molar-refractivity contribution is 0.102. The first-order valence-electron chi connectivity index (χ1n) is 5.24. The van der Waals surface area contributed by atoms with Crippen molar-refractivity contribution in [2.75, 3.05) is 5.32 Å². The molecule has 20 heavy (non-hydrogen) atoms. The van der Waals surface area contributed by atoms with Crippen LogP contribution in [0.3, 0.4) is 0 Å². The van der Waals surface area contributed by atoms with Crippen molar-refractivity contribution in [1.29, 1.82) is 0 Å². The van der Waals surface area contributed by atoms with Crippen molar-refractivity contribution in [1.82, 2.24) is 0 Å². The van der Waals surface area contributed by atoms with E-state index in [-0.39, 0.29) is 10.9 Å². The van der Waals surface area contributed by atoms with E-state index in [0.29, 0.717) is 30.5 Å². The largest absolute Gasteiger partial charge is 0.389 e. The van der Waals surface area contributed by atoms with Crippen LogP contribution in [0.2, 0.25) is 13.7 Å². The molecule has 0 saturated carbocycles. The maximum absolute atomic E-state index is 12.1. The molecule has 1 aromatic heterocycles. The fourth-order valence-corrected chi connectivity index (χ4v) is 3.27. The van der Waals surface area contributed by atoms with Crippen molar-refractivity contribution in [2.24, 2.45) is 5.73 Å². The zero-order valence-electron chi connectivity index (χ0n) is 9.75. The maximum atomic E-state index is 12.1. The van der Waals surface area contributed by atoms with E-state index in [9.17, 15) is 4.79 Å². The summed E-state index contributed by atoms with van der Waals surface area (Å²) in [4.78, 5) is 12.3. The molecule has 2 aromatic rings. The molecule has 0 aliphatic rings. The van der Waals surface area contributed by atoms with E-state index in [1.165, 1.54) is 6.07 Å². The first-order chi connectivity index (χ1) is 9.38. The van der Waals surface area contributed by atoms with E-state index in [1.807, 2.05) is 0 Å². The van der Waals surface area contributed by atoms with Crippen molar-refractivity contribution in [3.05, 3.63) is 49.1 Å². The number of nitrogens with two attached hydrogens (primary N) is 1. The van der Waals surface area contributed by atoms with Crippen LogP contribution in [0.5, 0.6) is 0 Å². The van der Waals surface area contributed by atoms with Crippen molar-refractivity contribution >= 4 is 74.9 Å². The molecule has 0 radical (unpaired) electrons. The fourth-order valence-electron chi connectivity index (χ4n) is 1.45. The van der Waals surface area contributed by atoms with Crippen LogP contribution in [0.25, 0.3) is 0 Å². The third-order valence-electron chi connectivity index (χ3n) is 2.40. The van der Waals surface area contributed by atoms with Crippen molar-refractivity contribution in [3.8, 4) is 0 Å². The number of thiocarbonyl (C=S) groups is 1. The van der Waals surface area contributed by atoms with Gasteiger partial charge in [0.15, 0.2) is 0 Å². The van der Waals surface area contributed by atoms with Gasteiger partial charge in [-0.1, -0.05) is 47.0 Å². The summed E-state index contributed by atoms with van der Waals surface area (Å²) in [7, 11) is 0. The van der Waals surface area contributed by atoms with Gasteiger partial charge < -0.3 is 11.1 Å². The molecule has 0 aliphatic heterocycles. The number of hydrogen-bond acceptors (Lipinski definition) is 3. The molecule has 3 N–H and O–H groups in total. The summed E-state index contributed by atoms with van der Waals surface area (Å²) in [6.07, 6.45) is 0. The van der Waals surface area contributed by atoms with Crippen molar-refractivity contribution in [2.45, 2.75) is 0 Å². The Morgan fingerprint density at radius 2 is 1.95 bits per heavy atom. The zero-order valence-corrected chi connectivity index (χ0v) is 13.6. The molecule has 1 aromatic carbocycles. The number of thiophene rings is 1. The van der Waals surface area contributed by atoms with Crippen molar-refractivity contribution in [3.63, 3.8) is 0 Å². The summed E-state index contributed by atoms with van der Waals surface area (Å²) >= 11 is 23.8. The first-order valence-corrected chi connectivity index (χ1v) is 7.60. The smallest absolute Gasteiger partial charge is 0.258 e. The monoisotopic (exact) mass is 364 g/mol. The second-order valence-electron chi connectivity index (χ2n) is 3.75. The molecule has 8 heteroatoms. The second kappa shape index (κ2) is 6.28.